The minimum Gasteiger partial charge on any atom is -0.330 e. The van der Waals surface area contributed by atoms with Crippen LogP contribution in [0.5, 0.6) is 0 Å². The molecule has 1 rings (SSSR count). The summed E-state index contributed by atoms with van der Waals surface area (Å²) in [6.07, 6.45) is 1.84. The predicted molar refractivity (Wildman–Crippen MR) is 62.1 cm³/mol. The normalized spacial score (nSPS) is 14.9. The summed E-state index contributed by atoms with van der Waals surface area (Å²) in [7, 11) is 0. The lowest BCUT2D eigenvalue weighted by Crippen LogP contribution is -2.23. The molecule has 0 amide bonds. The minimum atomic E-state index is -0.112. The van der Waals surface area contributed by atoms with E-state index in [1.807, 2.05) is 12.1 Å². The summed E-state index contributed by atoms with van der Waals surface area (Å²) in [4.78, 5) is 0. The molecule has 0 saturated carbocycles. The van der Waals surface area contributed by atoms with Crippen molar-refractivity contribution in [1.82, 2.24) is 0 Å². The van der Waals surface area contributed by atoms with Gasteiger partial charge in [-0.15, -0.1) is 0 Å². The largest absolute Gasteiger partial charge is 0.330 e. The van der Waals surface area contributed by atoms with Gasteiger partial charge in [-0.2, -0.15) is 0 Å². The average molecular weight is 209 g/mol. The summed E-state index contributed by atoms with van der Waals surface area (Å²) in [6.45, 7) is 4.95. The summed E-state index contributed by atoms with van der Waals surface area (Å²) < 4.78 is 13.4. The van der Waals surface area contributed by atoms with Crippen LogP contribution in [0.3, 0.4) is 0 Å². The van der Waals surface area contributed by atoms with E-state index in [9.17, 15) is 4.39 Å². The lowest BCUT2D eigenvalue weighted by Gasteiger charge is -2.21. The van der Waals surface area contributed by atoms with Gasteiger partial charge in [0.05, 0.1) is 0 Å². The molecule has 84 valence electrons. The van der Waals surface area contributed by atoms with Crippen molar-refractivity contribution in [3.05, 3.63) is 35.6 Å². The first-order valence-electron chi connectivity index (χ1n) is 5.62. The lowest BCUT2D eigenvalue weighted by molar-refractivity contribution is 0.350. The van der Waals surface area contributed by atoms with Gasteiger partial charge in [0.15, 0.2) is 0 Å². The molecule has 0 saturated heterocycles. The van der Waals surface area contributed by atoms with Crippen LogP contribution >= 0.6 is 0 Å². The van der Waals surface area contributed by atoms with Crippen LogP contribution in [0.15, 0.2) is 24.3 Å². The summed E-state index contributed by atoms with van der Waals surface area (Å²) in [5, 5.41) is 0. The Morgan fingerprint density at radius 1 is 1.33 bits per heavy atom. The van der Waals surface area contributed by atoms with E-state index in [4.69, 9.17) is 5.73 Å². The third-order valence-corrected chi connectivity index (χ3v) is 3.19. The molecule has 0 aliphatic carbocycles. The SMILES string of the molecule is CCC(C)C(CN)Cc1ccccc1F. The second-order valence-electron chi connectivity index (χ2n) is 4.18. The monoisotopic (exact) mass is 209 g/mol. The molecule has 15 heavy (non-hydrogen) atoms. The molecule has 1 nitrogen and oxygen atoms in total. The third-order valence-electron chi connectivity index (χ3n) is 3.19. The molecule has 0 spiro atoms. The van der Waals surface area contributed by atoms with Gasteiger partial charge in [-0.25, -0.2) is 4.39 Å². The maximum absolute atomic E-state index is 13.4. The minimum absolute atomic E-state index is 0.112. The van der Waals surface area contributed by atoms with Crippen LogP contribution in [0.25, 0.3) is 0 Å². The molecular weight excluding hydrogens is 189 g/mol. The fourth-order valence-electron chi connectivity index (χ4n) is 1.80. The van der Waals surface area contributed by atoms with Crippen LogP contribution in [0.1, 0.15) is 25.8 Å². The second kappa shape index (κ2) is 5.86. The van der Waals surface area contributed by atoms with Crippen LogP contribution < -0.4 is 5.73 Å². The van der Waals surface area contributed by atoms with Crippen molar-refractivity contribution in [3.8, 4) is 0 Å². The number of rotatable bonds is 5. The molecule has 0 radical (unpaired) electrons. The molecular formula is C13H20FN. The number of benzene rings is 1. The molecule has 0 heterocycles. The average Bonchev–Trinajstić information content (AvgIpc) is 2.27. The molecule has 1 aromatic carbocycles. The second-order valence-corrected chi connectivity index (χ2v) is 4.18. The number of hydrogen-bond donors (Lipinski definition) is 1. The molecule has 0 bridgehead atoms. The smallest absolute Gasteiger partial charge is 0.126 e. The van der Waals surface area contributed by atoms with Crippen LogP contribution in [-0.2, 0) is 6.42 Å². The predicted octanol–water partition coefficient (Wildman–Crippen LogP) is 2.99. The van der Waals surface area contributed by atoms with Crippen molar-refractivity contribution in [1.29, 1.82) is 0 Å². The molecule has 2 unspecified atom stereocenters. The number of nitrogens with two attached hydrogens (primary N) is 1. The number of halogens is 1. The van der Waals surface area contributed by atoms with Gasteiger partial charge in [-0.3, -0.25) is 0 Å². The van der Waals surface area contributed by atoms with Crippen molar-refractivity contribution in [3.63, 3.8) is 0 Å². The van der Waals surface area contributed by atoms with Gasteiger partial charge in [0.1, 0.15) is 5.82 Å². The zero-order chi connectivity index (χ0) is 11.3. The van der Waals surface area contributed by atoms with Gasteiger partial charge in [-0.05, 0) is 36.4 Å². The van der Waals surface area contributed by atoms with Crippen molar-refractivity contribution < 1.29 is 4.39 Å². The van der Waals surface area contributed by atoms with Crippen molar-refractivity contribution in [2.45, 2.75) is 26.7 Å². The highest BCUT2D eigenvalue weighted by atomic mass is 19.1. The van der Waals surface area contributed by atoms with Crippen molar-refractivity contribution in [2.75, 3.05) is 6.54 Å². The third kappa shape index (κ3) is 3.31. The molecule has 2 atom stereocenters. The molecule has 2 heteroatoms. The molecule has 2 N–H and O–H groups in total. The Labute approximate surface area is 91.5 Å². The summed E-state index contributed by atoms with van der Waals surface area (Å²) in [6, 6.07) is 6.96. The molecule has 0 fully saturated rings. The summed E-state index contributed by atoms with van der Waals surface area (Å²) in [5.74, 6) is 0.820. The van der Waals surface area contributed by atoms with Crippen LogP contribution in [0, 0.1) is 17.7 Å². The Hall–Kier alpha value is -0.890. The van der Waals surface area contributed by atoms with E-state index in [0.717, 1.165) is 18.4 Å². The molecule has 0 aromatic heterocycles. The van der Waals surface area contributed by atoms with Crippen LogP contribution in [-0.4, -0.2) is 6.54 Å². The van der Waals surface area contributed by atoms with Crippen LogP contribution in [0.2, 0.25) is 0 Å². The highest BCUT2D eigenvalue weighted by molar-refractivity contribution is 5.18. The lowest BCUT2D eigenvalue weighted by atomic mass is 9.86. The zero-order valence-corrected chi connectivity index (χ0v) is 9.54. The standard InChI is InChI=1S/C13H20FN/c1-3-10(2)12(9-15)8-11-6-4-5-7-13(11)14/h4-7,10,12H,3,8-9,15H2,1-2H3. The van der Waals surface area contributed by atoms with Crippen molar-refractivity contribution in [2.24, 2.45) is 17.6 Å². The van der Waals surface area contributed by atoms with Gasteiger partial charge in [0.25, 0.3) is 0 Å². The van der Waals surface area contributed by atoms with Gasteiger partial charge in [0.2, 0.25) is 0 Å². The van der Waals surface area contributed by atoms with E-state index in [-0.39, 0.29) is 5.82 Å². The number of hydrogen-bond acceptors (Lipinski definition) is 1. The maximum atomic E-state index is 13.4. The Kier molecular flexibility index (Phi) is 4.76. The topological polar surface area (TPSA) is 26.0 Å². The summed E-state index contributed by atoms with van der Waals surface area (Å²) >= 11 is 0. The molecule has 1 aromatic rings. The first-order chi connectivity index (χ1) is 7.19. The van der Waals surface area contributed by atoms with Gasteiger partial charge < -0.3 is 5.73 Å². The first kappa shape index (κ1) is 12.2. The fourth-order valence-corrected chi connectivity index (χ4v) is 1.80. The van der Waals surface area contributed by atoms with E-state index in [2.05, 4.69) is 13.8 Å². The van der Waals surface area contributed by atoms with Crippen molar-refractivity contribution >= 4 is 0 Å². The van der Waals surface area contributed by atoms with E-state index in [0.29, 0.717) is 18.4 Å². The van der Waals surface area contributed by atoms with E-state index in [1.165, 1.54) is 6.07 Å². The Bertz CT molecular complexity index is 298. The molecule has 0 aliphatic heterocycles. The van der Waals surface area contributed by atoms with E-state index in [1.54, 1.807) is 6.07 Å². The fraction of sp³-hybridized carbons (Fsp3) is 0.538. The highest BCUT2D eigenvalue weighted by Gasteiger charge is 2.16. The zero-order valence-electron chi connectivity index (χ0n) is 9.54. The van der Waals surface area contributed by atoms with Gasteiger partial charge in [-0.1, -0.05) is 38.5 Å². The Morgan fingerprint density at radius 2 is 2.00 bits per heavy atom. The highest BCUT2D eigenvalue weighted by Crippen LogP contribution is 2.20. The Morgan fingerprint density at radius 3 is 2.53 bits per heavy atom. The maximum Gasteiger partial charge on any atom is 0.126 e. The quantitative estimate of drug-likeness (QED) is 0.792. The Balaban J connectivity index is 2.71. The van der Waals surface area contributed by atoms with Gasteiger partial charge >= 0.3 is 0 Å². The first-order valence-corrected chi connectivity index (χ1v) is 5.62. The van der Waals surface area contributed by atoms with Gasteiger partial charge in [0, 0.05) is 0 Å². The molecule has 0 aliphatic rings. The summed E-state index contributed by atoms with van der Waals surface area (Å²) in [5.41, 5.74) is 6.51. The van der Waals surface area contributed by atoms with Crippen LogP contribution in [0.4, 0.5) is 4.39 Å². The van der Waals surface area contributed by atoms with E-state index >= 15 is 0 Å². The van der Waals surface area contributed by atoms with E-state index < -0.39 is 0 Å².